The van der Waals surface area contributed by atoms with Crippen molar-refractivity contribution in [1.29, 1.82) is 5.26 Å². The van der Waals surface area contributed by atoms with Gasteiger partial charge in [-0.05, 0) is 81.9 Å². The van der Waals surface area contributed by atoms with Gasteiger partial charge in [-0.2, -0.15) is 5.26 Å². The van der Waals surface area contributed by atoms with Crippen LogP contribution in [0.1, 0.15) is 5.56 Å². The van der Waals surface area contributed by atoms with E-state index in [0.29, 0.717) is 5.56 Å². The first kappa shape index (κ1) is 22.4. The molecule has 6 aromatic carbocycles. The van der Waals surface area contributed by atoms with Crippen molar-refractivity contribution in [2.45, 2.75) is 0 Å². The Hall–Kier alpha value is -5.59. The molecule has 0 amide bonds. The zero-order chi connectivity index (χ0) is 26.6. The van der Waals surface area contributed by atoms with E-state index in [4.69, 9.17) is 8.83 Å². The first-order valence-corrected chi connectivity index (χ1v) is 13.2. The van der Waals surface area contributed by atoms with Gasteiger partial charge < -0.3 is 8.83 Å². The molecule has 2 heterocycles. The molecule has 0 aliphatic heterocycles. The molecule has 3 heteroatoms. The molecule has 40 heavy (non-hydrogen) atoms. The van der Waals surface area contributed by atoms with Crippen molar-refractivity contribution in [2.75, 3.05) is 0 Å². The van der Waals surface area contributed by atoms with Crippen LogP contribution in [0.4, 0.5) is 0 Å². The highest BCUT2D eigenvalue weighted by Gasteiger charge is 2.17. The Morgan fingerprint density at radius 1 is 0.425 bits per heavy atom. The van der Waals surface area contributed by atoms with Crippen molar-refractivity contribution in [3.05, 3.63) is 133 Å². The smallest absolute Gasteiger partial charge is 0.135 e. The number of furan rings is 2. The molecule has 0 N–H and O–H groups in total. The molecule has 0 bridgehead atoms. The van der Waals surface area contributed by atoms with Crippen LogP contribution in [0.3, 0.4) is 0 Å². The lowest BCUT2D eigenvalue weighted by atomic mass is 9.87. The maximum atomic E-state index is 9.43. The molecule has 0 radical (unpaired) electrons. The highest BCUT2D eigenvalue weighted by Crippen LogP contribution is 2.43. The minimum atomic E-state index is 0.639. The normalized spacial score (nSPS) is 11.5. The van der Waals surface area contributed by atoms with Gasteiger partial charge in [0.05, 0.1) is 11.6 Å². The Kier molecular flexibility index (Phi) is 4.89. The van der Waals surface area contributed by atoms with Gasteiger partial charge in [0.2, 0.25) is 0 Å². The number of hydrogen-bond donors (Lipinski definition) is 0. The molecule has 0 fully saturated rings. The average molecular weight is 512 g/mol. The van der Waals surface area contributed by atoms with Crippen molar-refractivity contribution >= 4 is 43.9 Å². The molecule has 8 aromatic rings. The SMILES string of the molecule is N#Cc1ccc(-c2c(-c3ccc4oc5ccccc5c4c3)cccc2-c2ccc3oc4ccccc4c3c2)cc1. The van der Waals surface area contributed by atoms with E-state index in [1.54, 1.807) is 0 Å². The van der Waals surface area contributed by atoms with Crippen LogP contribution >= 0.6 is 0 Å². The van der Waals surface area contributed by atoms with E-state index in [0.717, 1.165) is 77.3 Å². The van der Waals surface area contributed by atoms with Gasteiger partial charge in [-0.1, -0.05) is 78.9 Å². The first-order chi connectivity index (χ1) is 19.8. The summed E-state index contributed by atoms with van der Waals surface area (Å²) in [5, 5.41) is 13.8. The summed E-state index contributed by atoms with van der Waals surface area (Å²) in [6, 6.07) is 45.7. The molecule has 8 rings (SSSR count). The van der Waals surface area contributed by atoms with Crippen molar-refractivity contribution < 1.29 is 8.83 Å². The molecule has 0 saturated heterocycles. The van der Waals surface area contributed by atoms with E-state index < -0.39 is 0 Å². The summed E-state index contributed by atoms with van der Waals surface area (Å²) in [7, 11) is 0. The van der Waals surface area contributed by atoms with Crippen LogP contribution in [0.25, 0.3) is 77.3 Å². The maximum Gasteiger partial charge on any atom is 0.135 e. The van der Waals surface area contributed by atoms with Crippen LogP contribution in [-0.4, -0.2) is 0 Å². The summed E-state index contributed by atoms with van der Waals surface area (Å²) in [5.74, 6) is 0. The summed E-state index contributed by atoms with van der Waals surface area (Å²) < 4.78 is 12.2. The lowest BCUT2D eigenvalue weighted by Gasteiger charge is -2.17. The van der Waals surface area contributed by atoms with Crippen LogP contribution in [0.15, 0.2) is 136 Å². The summed E-state index contributed by atoms with van der Waals surface area (Å²) in [5.41, 5.74) is 10.8. The number of fused-ring (bicyclic) bond motifs is 6. The molecule has 0 spiro atoms. The lowest BCUT2D eigenvalue weighted by Crippen LogP contribution is -1.91. The van der Waals surface area contributed by atoms with Gasteiger partial charge in [0.1, 0.15) is 22.3 Å². The predicted molar refractivity (Wildman–Crippen MR) is 162 cm³/mol. The third-order valence-electron chi connectivity index (χ3n) is 7.74. The number of hydrogen-bond acceptors (Lipinski definition) is 3. The van der Waals surface area contributed by atoms with Gasteiger partial charge in [0.25, 0.3) is 0 Å². The minimum absolute atomic E-state index is 0.639. The third-order valence-corrected chi connectivity index (χ3v) is 7.74. The van der Waals surface area contributed by atoms with Crippen LogP contribution in [0.2, 0.25) is 0 Å². The molecule has 0 aliphatic rings. The fourth-order valence-corrected chi connectivity index (χ4v) is 5.84. The Balaban J connectivity index is 1.40. The van der Waals surface area contributed by atoms with Gasteiger partial charge in [-0.25, -0.2) is 0 Å². The maximum absolute atomic E-state index is 9.43. The van der Waals surface area contributed by atoms with Gasteiger partial charge in [-0.3, -0.25) is 0 Å². The Morgan fingerprint density at radius 3 is 1.43 bits per heavy atom. The number of benzene rings is 6. The van der Waals surface area contributed by atoms with Gasteiger partial charge in [-0.15, -0.1) is 0 Å². The Bertz CT molecular complexity index is 2140. The second-order valence-electron chi connectivity index (χ2n) is 10.0. The highest BCUT2D eigenvalue weighted by atomic mass is 16.3. The van der Waals surface area contributed by atoms with E-state index in [2.05, 4.69) is 72.8 Å². The molecule has 186 valence electrons. The number of nitrogens with zero attached hydrogens (tertiary/aromatic N) is 1. The fourth-order valence-electron chi connectivity index (χ4n) is 5.84. The number of para-hydroxylation sites is 2. The van der Waals surface area contributed by atoms with E-state index in [-0.39, 0.29) is 0 Å². The molecule has 0 unspecified atom stereocenters. The van der Waals surface area contributed by atoms with E-state index in [9.17, 15) is 5.26 Å². The van der Waals surface area contributed by atoms with Gasteiger partial charge >= 0.3 is 0 Å². The molecule has 0 atom stereocenters. The molecule has 0 aliphatic carbocycles. The molecular weight excluding hydrogens is 490 g/mol. The topological polar surface area (TPSA) is 50.1 Å². The molecule has 3 nitrogen and oxygen atoms in total. The van der Waals surface area contributed by atoms with Gasteiger partial charge in [0, 0.05) is 21.5 Å². The lowest BCUT2D eigenvalue weighted by molar-refractivity contribution is 0.668. The molecule has 2 aromatic heterocycles. The van der Waals surface area contributed by atoms with Crippen molar-refractivity contribution in [3.63, 3.8) is 0 Å². The van der Waals surface area contributed by atoms with E-state index in [1.165, 1.54) is 0 Å². The van der Waals surface area contributed by atoms with E-state index >= 15 is 0 Å². The van der Waals surface area contributed by atoms with Gasteiger partial charge in [0.15, 0.2) is 0 Å². The van der Waals surface area contributed by atoms with Crippen LogP contribution < -0.4 is 0 Å². The fraction of sp³-hybridized carbons (Fsp3) is 0. The summed E-state index contributed by atoms with van der Waals surface area (Å²) in [6.07, 6.45) is 0. The van der Waals surface area contributed by atoms with Crippen LogP contribution in [-0.2, 0) is 0 Å². The minimum Gasteiger partial charge on any atom is -0.456 e. The van der Waals surface area contributed by atoms with Crippen molar-refractivity contribution in [2.24, 2.45) is 0 Å². The monoisotopic (exact) mass is 511 g/mol. The third kappa shape index (κ3) is 3.44. The number of nitriles is 1. The largest absolute Gasteiger partial charge is 0.456 e. The summed E-state index contributed by atoms with van der Waals surface area (Å²) in [4.78, 5) is 0. The van der Waals surface area contributed by atoms with E-state index in [1.807, 2.05) is 60.7 Å². The molecule has 0 saturated carbocycles. The molecular formula is C37H21NO2. The van der Waals surface area contributed by atoms with Crippen LogP contribution in [0, 0.1) is 11.3 Å². The second kappa shape index (κ2) is 8.73. The van der Waals surface area contributed by atoms with Crippen molar-refractivity contribution in [3.8, 4) is 39.4 Å². The number of rotatable bonds is 3. The first-order valence-electron chi connectivity index (χ1n) is 13.2. The van der Waals surface area contributed by atoms with Crippen LogP contribution in [0.5, 0.6) is 0 Å². The Labute approximate surface area is 230 Å². The second-order valence-corrected chi connectivity index (χ2v) is 10.0. The zero-order valence-corrected chi connectivity index (χ0v) is 21.4. The predicted octanol–water partition coefficient (Wildman–Crippen LogP) is 10.4. The average Bonchev–Trinajstić information content (AvgIpc) is 3.58. The summed E-state index contributed by atoms with van der Waals surface area (Å²) in [6.45, 7) is 0. The highest BCUT2D eigenvalue weighted by molar-refractivity contribution is 6.09. The standard InChI is InChI=1S/C37H21NO2/c38-22-23-12-14-24(15-13-23)37-27(25-16-18-35-31(20-25)29-6-1-3-10-33(29)39-35)8-5-9-28(37)26-17-19-36-32(21-26)30-7-2-4-11-34(30)40-36/h1-21H. The quantitative estimate of drug-likeness (QED) is 0.237. The summed E-state index contributed by atoms with van der Waals surface area (Å²) >= 11 is 0. The zero-order valence-electron chi connectivity index (χ0n) is 21.4. The van der Waals surface area contributed by atoms with Crippen molar-refractivity contribution in [1.82, 2.24) is 0 Å². The Morgan fingerprint density at radius 2 is 0.900 bits per heavy atom.